The van der Waals surface area contributed by atoms with Crippen LogP contribution in [0.4, 0.5) is 4.39 Å². The number of thiophene rings is 1. The van der Waals surface area contributed by atoms with E-state index in [9.17, 15) is 9.50 Å². The summed E-state index contributed by atoms with van der Waals surface area (Å²) >= 11 is 1.69. The van der Waals surface area contributed by atoms with Crippen LogP contribution in [0.15, 0.2) is 41.1 Å². The highest BCUT2D eigenvalue weighted by molar-refractivity contribution is 7.08. The van der Waals surface area contributed by atoms with Gasteiger partial charge in [0, 0.05) is 17.2 Å². The first-order valence-corrected chi connectivity index (χ1v) is 12.8. The van der Waals surface area contributed by atoms with E-state index >= 15 is 0 Å². The molecule has 1 N–H and O–H groups in total. The Morgan fingerprint density at radius 1 is 1.12 bits per heavy atom. The smallest absolute Gasteiger partial charge is 0.123 e. The first-order chi connectivity index (χ1) is 15.3. The number of hydrogen-bond acceptors (Lipinski definition) is 3. The maximum absolute atomic E-state index is 13.6. The molecule has 1 aromatic carbocycles. The van der Waals surface area contributed by atoms with E-state index < -0.39 is 6.10 Å². The molecule has 3 aromatic rings. The highest BCUT2D eigenvalue weighted by Gasteiger charge is 2.37. The van der Waals surface area contributed by atoms with Crippen LogP contribution < -0.4 is 0 Å². The van der Waals surface area contributed by atoms with E-state index in [4.69, 9.17) is 4.98 Å². The van der Waals surface area contributed by atoms with Gasteiger partial charge in [-0.2, -0.15) is 11.3 Å². The number of aromatic nitrogens is 1. The van der Waals surface area contributed by atoms with E-state index in [1.807, 2.05) is 0 Å². The van der Waals surface area contributed by atoms with Crippen LogP contribution in [-0.4, -0.2) is 10.1 Å². The zero-order chi connectivity index (χ0) is 22.5. The van der Waals surface area contributed by atoms with Gasteiger partial charge in [0.25, 0.3) is 0 Å². The molecule has 5 rings (SSSR count). The zero-order valence-electron chi connectivity index (χ0n) is 19.2. The fourth-order valence-corrected chi connectivity index (χ4v) is 6.77. The Labute approximate surface area is 194 Å². The first-order valence-electron chi connectivity index (χ1n) is 11.9. The number of hydrogen-bond donors (Lipinski definition) is 1. The van der Waals surface area contributed by atoms with Crippen LogP contribution in [0.5, 0.6) is 0 Å². The van der Waals surface area contributed by atoms with Crippen molar-refractivity contribution in [3.63, 3.8) is 0 Å². The van der Waals surface area contributed by atoms with E-state index in [1.165, 1.54) is 47.4 Å². The quantitative estimate of drug-likeness (QED) is 0.441. The Hall–Kier alpha value is -2.04. The van der Waals surface area contributed by atoms with Crippen LogP contribution >= 0.6 is 11.3 Å². The summed E-state index contributed by atoms with van der Waals surface area (Å²) in [6.07, 6.45) is 5.93. The predicted octanol–water partition coefficient (Wildman–Crippen LogP) is 7.76. The maximum Gasteiger partial charge on any atom is 0.123 e. The first kappa shape index (κ1) is 21.8. The Bertz CT molecular complexity index is 1100. The summed E-state index contributed by atoms with van der Waals surface area (Å²) in [7, 11) is 0. The second-order valence-corrected chi connectivity index (χ2v) is 11.3. The van der Waals surface area contributed by atoms with Crippen LogP contribution in [-0.2, 0) is 6.42 Å². The number of nitrogens with zero attached hydrogens (tertiary/aromatic N) is 1. The molecule has 0 spiro atoms. The molecule has 2 atom stereocenters. The number of fused-ring (bicyclic) bond motifs is 1. The summed E-state index contributed by atoms with van der Waals surface area (Å²) in [4.78, 5) is 5.35. The predicted molar refractivity (Wildman–Crippen MR) is 130 cm³/mol. The summed E-state index contributed by atoms with van der Waals surface area (Å²) in [5.74, 6) is 0.463. The lowest BCUT2D eigenvalue weighted by Crippen LogP contribution is -2.28. The Kier molecular flexibility index (Phi) is 5.71. The average molecular weight is 450 g/mol. The van der Waals surface area contributed by atoms with Gasteiger partial charge in [-0.25, -0.2) is 4.39 Å². The number of halogens is 1. The number of rotatable bonds is 4. The van der Waals surface area contributed by atoms with Gasteiger partial charge in [-0.3, -0.25) is 4.98 Å². The molecule has 2 aliphatic carbocycles. The summed E-state index contributed by atoms with van der Waals surface area (Å²) in [5.41, 5.74) is 7.85. The molecular weight excluding hydrogens is 417 g/mol. The summed E-state index contributed by atoms with van der Waals surface area (Å²) < 4.78 is 13.6. The molecule has 2 unspecified atom stereocenters. The highest BCUT2D eigenvalue weighted by Crippen LogP contribution is 2.50. The lowest BCUT2D eigenvalue weighted by atomic mass is 9.68. The monoisotopic (exact) mass is 449 g/mol. The van der Waals surface area contributed by atoms with Crippen molar-refractivity contribution in [3.05, 3.63) is 75.0 Å². The third-order valence-corrected chi connectivity index (χ3v) is 8.07. The average Bonchev–Trinajstić information content (AvgIpc) is 3.46. The third kappa shape index (κ3) is 3.92. The molecule has 0 amide bonds. The molecule has 2 heterocycles. The Balaban J connectivity index is 1.80. The van der Waals surface area contributed by atoms with E-state index in [1.54, 1.807) is 23.5 Å². The van der Waals surface area contributed by atoms with Crippen molar-refractivity contribution < 1.29 is 9.50 Å². The van der Waals surface area contributed by atoms with Crippen molar-refractivity contribution in [2.45, 2.75) is 77.2 Å². The van der Waals surface area contributed by atoms with Crippen molar-refractivity contribution in [1.29, 1.82) is 0 Å². The molecular formula is C28H32FNOS. The number of aliphatic hydroxyl groups is 1. The van der Waals surface area contributed by atoms with Crippen molar-refractivity contribution in [3.8, 4) is 11.1 Å². The third-order valence-electron chi connectivity index (χ3n) is 7.39. The minimum absolute atomic E-state index is 0.218. The lowest BCUT2D eigenvalue weighted by Gasteiger charge is -2.38. The summed E-state index contributed by atoms with van der Waals surface area (Å²) in [6.45, 7) is 6.99. The molecule has 2 aliphatic rings. The fourth-order valence-electron chi connectivity index (χ4n) is 6.12. The number of benzene rings is 1. The van der Waals surface area contributed by atoms with Crippen molar-refractivity contribution in [2.75, 3.05) is 0 Å². The molecule has 32 heavy (non-hydrogen) atoms. The van der Waals surface area contributed by atoms with Gasteiger partial charge < -0.3 is 5.11 Å². The zero-order valence-corrected chi connectivity index (χ0v) is 20.0. The summed E-state index contributed by atoms with van der Waals surface area (Å²) in [6, 6.07) is 8.47. The maximum atomic E-state index is 13.6. The molecule has 0 aliphatic heterocycles. The van der Waals surface area contributed by atoms with Crippen LogP contribution in [0.3, 0.4) is 0 Å². The largest absolute Gasteiger partial charge is 0.384 e. The normalized spacial score (nSPS) is 21.5. The van der Waals surface area contributed by atoms with E-state index in [-0.39, 0.29) is 11.2 Å². The molecule has 1 fully saturated rings. The molecule has 168 valence electrons. The Morgan fingerprint density at radius 2 is 1.84 bits per heavy atom. The van der Waals surface area contributed by atoms with Crippen molar-refractivity contribution >= 4 is 11.3 Å². The van der Waals surface area contributed by atoms with Gasteiger partial charge in [-0.15, -0.1) is 0 Å². The number of aliphatic hydroxyl groups excluding tert-OH is 1. The van der Waals surface area contributed by atoms with E-state index in [0.29, 0.717) is 11.8 Å². The molecule has 0 radical (unpaired) electrons. The molecule has 0 bridgehead atoms. The topological polar surface area (TPSA) is 33.1 Å². The van der Waals surface area contributed by atoms with Crippen LogP contribution in [0.25, 0.3) is 11.1 Å². The molecule has 2 nitrogen and oxygen atoms in total. The van der Waals surface area contributed by atoms with Crippen LogP contribution in [0.2, 0.25) is 0 Å². The van der Waals surface area contributed by atoms with Crippen LogP contribution in [0.1, 0.15) is 98.9 Å². The Morgan fingerprint density at radius 3 is 2.50 bits per heavy atom. The van der Waals surface area contributed by atoms with E-state index in [2.05, 4.69) is 37.6 Å². The summed E-state index contributed by atoms with van der Waals surface area (Å²) in [5, 5.41) is 16.0. The highest BCUT2D eigenvalue weighted by atomic mass is 32.1. The SMILES string of the molecule is CC1CC(C)(C)Cc2nc(C3CCCC3)c(C(O)c3ccc(F)cc3)c(-c3ccsc3)c21. The van der Waals surface area contributed by atoms with Gasteiger partial charge in [0.15, 0.2) is 0 Å². The molecule has 1 saturated carbocycles. The van der Waals surface area contributed by atoms with Gasteiger partial charge >= 0.3 is 0 Å². The van der Waals surface area contributed by atoms with Crippen LogP contribution in [0, 0.1) is 11.2 Å². The second-order valence-electron chi connectivity index (χ2n) is 10.5. The minimum Gasteiger partial charge on any atom is -0.384 e. The van der Waals surface area contributed by atoms with Gasteiger partial charge in [0.05, 0.1) is 5.69 Å². The van der Waals surface area contributed by atoms with E-state index in [0.717, 1.165) is 42.5 Å². The number of pyridine rings is 1. The van der Waals surface area contributed by atoms with Crippen molar-refractivity contribution in [2.24, 2.45) is 5.41 Å². The molecule has 4 heteroatoms. The fraction of sp³-hybridized carbons (Fsp3) is 0.464. The standard InChI is InChI=1S/C28H32FNOS/c1-17-14-28(2,3)15-22-23(17)24(20-12-13-32-16-20)25(26(30-22)18-6-4-5-7-18)27(31)19-8-10-21(29)11-9-19/h8-13,16-18,27,31H,4-7,14-15H2,1-3H3. The van der Waals surface area contributed by atoms with Crippen molar-refractivity contribution in [1.82, 2.24) is 4.98 Å². The van der Waals surface area contributed by atoms with Gasteiger partial charge in [0.2, 0.25) is 0 Å². The van der Waals surface area contributed by atoms with Gasteiger partial charge in [-0.1, -0.05) is 45.7 Å². The van der Waals surface area contributed by atoms with Gasteiger partial charge in [-0.05, 0) is 88.2 Å². The van der Waals surface area contributed by atoms with Gasteiger partial charge in [0.1, 0.15) is 11.9 Å². The second kappa shape index (κ2) is 8.39. The molecule has 0 saturated heterocycles. The minimum atomic E-state index is -0.818. The molecule has 2 aromatic heterocycles. The lowest BCUT2D eigenvalue weighted by molar-refractivity contribution is 0.217.